The lowest BCUT2D eigenvalue weighted by Gasteiger charge is -2.18. The van der Waals surface area contributed by atoms with Crippen molar-refractivity contribution in [3.63, 3.8) is 0 Å². The lowest BCUT2D eigenvalue weighted by Crippen LogP contribution is -2.29. The molecular weight excluding hydrogens is 342 g/mol. The number of nitrogens with zero attached hydrogens (tertiary/aromatic N) is 1. The smallest absolute Gasteiger partial charge is 0.253 e. The Morgan fingerprint density at radius 2 is 1.70 bits per heavy atom. The van der Waals surface area contributed by atoms with E-state index in [0.29, 0.717) is 5.92 Å². The molecule has 0 aliphatic carbocycles. The van der Waals surface area contributed by atoms with Gasteiger partial charge in [0.25, 0.3) is 5.91 Å². The highest BCUT2D eigenvalue weighted by atomic mass is 16.5. The Morgan fingerprint density at radius 1 is 1.00 bits per heavy atom. The number of likely N-dealkylation sites (tertiary alicyclic amines) is 1. The monoisotopic (exact) mass is 369 g/mol. The Kier molecular flexibility index (Phi) is 5.89. The fraction of sp³-hybridized carbons (Fsp3) is 0.409. The van der Waals surface area contributed by atoms with Crippen molar-refractivity contribution in [1.29, 1.82) is 0 Å². The summed E-state index contributed by atoms with van der Waals surface area (Å²) in [6.45, 7) is 3.53. The maximum atomic E-state index is 12.8. The lowest BCUT2D eigenvalue weighted by atomic mass is 9.98. The Balaban J connectivity index is 1.64. The second kappa shape index (κ2) is 8.33. The van der Waals surface area contributed by atoms with Gasteiger partial charge in [0.05, 0.1) is 21.3 Å². The van der Waals surface area contributed by atoms with Crippen LogP contribution in [-0.2, 0) is 6.42 Å². The van der Waals surface area contributed by atoms with Crippen LogP contribution in [0, 0.1) is 12.8 Å². The number of amides is 1. The third-order valence-electron chi connectivity index (χ3n) is 5.19. The maximum absolute atomic E-state index is 12.8. The highest BCUT2D eigenvalue weighted by molar-refractivity contribution is 5.94. The van der Waals surface area contributed by atoms with Crippen molar-refractivity contribution in [3.8, 4) is 17.2 Å². The van der Waals surface area contributed by atoms with E-state index in [2.05, 4.69) is 6.07 Å². The predicted molar refractivity (Wildman–Crippen MR) is 105 cm³/mol. The summed E-state index contributed by atoms with van der Waals surface area (Å²) in [5.74, 6) is 2.83. The summed E-state index contributed by atoms with van der Waals surface area (Å²) >= 11 is 0. The number of benzene rings is 2. The molecule has 1 amide bonds. The zero-order valence-corrected chi connectivity index (χ0v) is 16.5. The Labute approximate surface area is 160 Å². The summed E-state index contributed by atoms with van der Waals surface area (Å²) in [7, 11) is 4.93. The molecule has 0 saturated carbocycles. The van der Waals surface area contributed by atoms with Crippen LogP contribution in [0.4, 0.5) is 0 Å². The van der Waals surface area contributed by atoms with Crippen LogP contribution in [0.25, 0.3) is 0 Å². The Hall–Kier alpha value is -2.69. The van der Waals surface area contributed by atoms with Crippen molar-refractivity contribution in [3.05, 3.63) is 53.1 Å². The number of ether oxygens (including phenoxy) is 3. The molecule has 2 aromatic rings. The predicted octanol–water partition coefficient (Wildman–Crippen LogP) is 3.73. The van der Waals surface area contributed by atoms with Gasteiger partial charge in [-0.3, -0.25) is 4.79 Å². The SMILES string of the molecule is COc1ccc(C(=O)N2CCC(Cc3ccc(OC)c(OC)c3)C2)cc1C. The Morgan fingerprint density at radius 3 is 2.37 bits per heavy atom. The van der Waals surface area contributed by atoms with Crippen molar-refractivity contribution < 1.29 is 19.0 Å². The lowest BCUT2D eigenvalue weighted by molar-refractivity contribution is 0.0787. The highest BCUT2D eigenvalue weighted by Gasteiger charge is 2.27. The molecule has 144 valence electrons. The van der Waals surface area contributed by atoms with E-state index < -0.39 is 0 Å². The van der Waals surface area contributed by atoms with E-state index >= 15 is 0 Å². The number of hydrogen-bond donors (Lipinski definition) is 0. The fourth-order valence-corrected chi connectivity index (χ4v) is 3.72. The molecule has 0 spiro atoms. The van der Waals surface area contributed by atoms with E-state index in [4.69, 9.17) is 14.2 Å². The standard InChI is InChI=1S/C22H27NO4/c1-15-11-18(6-8-19(15)25-2)22(24)23-10-9-17(14-23)12-16-5-7-20(26-3)21(13-16)27-4/h5-8,11,13,17H,9-10,12,14H2,1-4H3. The average molecular weight is 369 g/mol. The van der Waals surface area contributed by atoms with Crippen LogP contribution in [0.3, 0.4) is 0 Å². The van der Waals surface area contributed by atoms with Crippen LogP contribution >= 0.6 is 0 Å². The minimum atomic E-state index is 0.0931. The second-order valence-electron chi connectivity index (χ2n) is 6.98. The van der Waals surface area contributed by atoms with Gasteiger partial charge in [0, 0.05) is 18.7 Å². The van der Waals surface area contributed by atoms with Gasteiger partial charge in [0.1, 0.15) is 5.75 Å². The minimum absolute atomic E-state index is 0.0931. The first-order valence-corrected chi connectivity index (χ1v) is 9.20. The largest absolute Gasteiger partial charge is 0.496 e. The number of hydrogen-bond acceptors (Lipinski definition) is 4. The van der Waals surface area contributed by atoms with Crippen LogP contribution in [-0.4, -0.2) is 45.2 Å². The van der Waals surface area contributed by atoms with Crippen molar-refractivity contribution in [2.45, 2.75) is 19.8 Å². The number of carbonyl (C=O) groups excluding carboxylic acids is 1. The summed E-state index contributed by atoms with van der Waals surface area (Å²) < 4.78 is 16.0. The van der Waals surface area contributed by atoms with Crippen LogP contribution < -0.4 is 14.2 Å². The minimum Gasteiger partial charge on any atom is -0.496 e. The highest BCUT2D eigenvalue weighted by Crippen LogP contribution is 2.30. The first-order chi connectivity index (χ1) is 13.0. The van der Waals surface area contributed by atoms with Crippen LogP contribution in [0.5, 0.6) is 17.2 Å². The zero-order chi connectivity index (χ0) is 19.4. The number of rotatable bonds is 6. The van der Waals surface area contributed by atoms with Crippen molar-refractivity contribution >= 4 is 5.91 Å². The molecule has 2 aromatic carbocycles. The summed E-state index contributed by atoms with van der Waals surface area (Å²) in [4.78, 5) is 14.8. The quantitative estimate of drug-likeness (QED) is 0.779. The summed E-state index contributed by atoms with van der Waals surface area (Å²) in [6.07, 6.45) is 1.93. The van der Waals surface area contributed by atoms with Gasteiger partial charge < -0.3 is 19.1 Å². The molecule has 5 heteroatoms. The van der Waals surface area contributed by atoms with Gasteiger partial charge in [0.15, 0.2) is 11.5 Å². The molecule has 5 nitrogen and oxygen atoms in total. The third-order valence-corrected chi connectivity index (χ3v) is 5.19. The van der Waals surface area contributed by atoms with Crippen LogP contribution in [0.15, 0.2) is 36.4 Å². The van der Waals surface area contributed by atoms with Gasteiger partial charge >= 0.3 is 0 Å². The second-order valence-corrected chi connectivity index (χ2v) is 6.98. The van der Waals surface area contributed by atoms with Crippen LogP contribution in [0.2, 0.25) is 0 Å². The van der Waals surface area contributed by atoms with E-state index in [1.807, 2.05) is 42.2 Å². The maximum Gasteiger partial charge on any atom is 0.253 e. The molecule has 27 heavy (non-hydrogen) atoms. The topological polar surface area (TPSA) is 48.0 Å². The molecule has 0 aromatic heterocycles. The molecule has 1 aliphatic rings. The van der Waals surface area contributed by atoms with Gasteiger partial charge in [0.2, 0.25) is 0 Å². The molecule has 1 atom stereocenters. The van der Waals surface area contributed by atoms with Crippen LogP contribution in [0.1, 0.15) is 27.9 Å². The first-order valence-electron chi connectivity index (χ1n) is 9.20. The van der Waals surface area contributed by atoms with Crippen molar-refractivity contribution in [2.24, 2.45) is 5.92 Å². The Bertz CT molecular complexity index is 818. The number of methoxy groups -OCH3 is 3. The van der Waals surface area contributed by atoms with E-state index in [0.717, 1.165) is 54.3 Å². The van der Waals surface area contributed by atoms with E-state index in [1.165, 1.54) is 5.56 Å². The molecule has 0 bridgehead atoms. The summed E-state index contributed by atoms with van der Waals surface area (Å²) in [5.41, 5.74) is 2.90. The molecule has 1 unspecified atom stereocenters. The number of carbonyl (C=O) groups is 1. The molecule has 3 rings (SSSR count). The van der Waals surface area contributed by atoms with Crippen molar-refractivity contribution in [2.75, 3.05) is 34.4 Å². The molecule has 1 heterocycles. The number of aryl methyl sites for hydroxylation is 1. The van der Waals surface area contributed by atoms with Gasteiger partial charge in [-0.1, -0.05) is 6.07 Å². The van der Waals surface area contributed by atoms with Gasteiger partial charge in [-0.05, 0) is 67.1 Å². The fourth-order valence-electron chi connectivity index (χ4n) is 3.72. The molecule has 0 N–H and O–H groups in total. The molecule has 1 saturated heterocycles. The summed E-state index contributed by atoms with van der Waals surface area (Å²) in [6, 6.07) is 11.6. The zero-order valence-electron chi connectivity index (χ0n) is 16.5. The van der Waals surface area contributed by atoms with Gasteiger partial charge in [-0.25, -0.2) is 0 Å². The molecule has 1 fully saturated rings. The average Bonchev–Trinajstić information content (AvgIpc) is 3.15. The van der Waals surface area contributed by atoms with E-state index in [9.17, 15) is 4.79 Å². The van der Waals surface area contributed by atoms with Gasteiger partial charge in [-0.15, -0.1) is 0 Å². The first kappa shape index (κ1) is 19.1. The van der Waals surface area contributed by atoms with E-state index in [1.54, 1.807) is 21.3 Å². The molecular formula is C22H27NO4. The third kappa shape index (κ3) is 4.18. The van der Waals surface area contributed by atoms with Gasteiger partial charge in [-0.2, -0.15) is 0 Å². The van der Waals surface area contributed by atoms with E-state index in [-0.39, 0.29) is 5.91 Å². The molecule has 0 radical (unpaired) electrons. The normalized spacial score (nSPS) is 16.3. The summed E-state index contributed by atoms with van der Waals surface area (Å²) in [5, 5.41) is 0. The molecule has 1 aliphatic heterocycles. The van der Waals surface area contributed by atoms with Crippen molar-refractivity contribution in [1.82, 2.24) is 4.90 Å².